The number of rotatable bonds is 3. The number of sulfonamides is 1. The molecule has 1 N–H and O–H groups in total. The topological polar surface area (TPSA) is 55.4 Å². The summed E-state index contributed by atoms with van der Waals surface area (Å²) in [6.07, 6.45) is 0. The highest BCUT2D eigenvalue weighted by Crippen LogP contribution is 2.20. The second-order valence-corrected chi connectivity index (χ2v) is 5.76. The second kappa shape index (κ2) is 14.1. The summed E-state index contributed by atoms with van der Waals surface area (Å²) >= 11 is 0. The fourth-order valence-corrected chi connectivity index (χ4v) is 1.46. The standard InChI is InChI=1S/C12H10O.C2H4F3NO2S.2C2H6/c1-3-7-11(8-4-1)13-12-9-5-2-6-10-12;1-6-9(7,8)2(3,4)5;2*1-2/h1-10H;6H,1H3;2*1-2H3. The molecule has 0 saturated heterocycles. The fraction of sp³-hybridized carbons (Fsp3) is 0.333. The van der Waals surface area contributed by atoms with E-state index in [2.05, 4.69) is 0 Å². The summed E-state index contributed by atoms with van der Waals surface area (Å²) in [6.45, 7) is 8.00. The van der Waals surface area contributed by atoms with Crippen LogP contribution in [0.5, 0.6) is 11.5 Å². The summed E-state index contributed by atoms with van der Waals surface area (Å²) in [4.78, 5) is 0. The van der Waals surface area contributed by atoms with E-state index in [9.17, 15) is 21.6 Å². The molecule has 0 saturated carbocycles. The van der Waals surface area contributed by atoms with Gasteiger partial charge < -0.3 is 4.74 Å². The van der Waals surface area contributed by atoms with Crippen LogP contribution in [0.25, 0.3) is 0 Å². The zero-order valence-corrected chi connectivity index (χ0v) is 16.4. The van der Waals surface area contributed by atoms with Crippen LogP contribution in [-0.2, 0) is 10.0 Å². The Morgan fingerprint density at radius 1 is 0.769 bits per heavy atom. The molecule has 4 nitrogen and oxygen atoms in total. The molecule has 0 heterocycles. The quantitative estimate of drug-likeness (QED) is 0.740. The van der Waals surface area contributed by atoms with Gasteiger partial charge >= 0.3 is 15.5 Å². The number of alkyl halides is 3. The third kappa shape index (κ3) is 10.7. The Hall–Kier alpha value is -2.06. The summed E-state index contributed by atoms with van der Waals surface area (Å²) in [6, 6.07) is 19.5. The average molecular weight is 393 g/mol. The summed E-state index contributed by atoms with van der Waals surface area (Å²) in [5, 5.41) is 0. The minimum absolute atomic E-state index is 0.697. The molecule has 0 aromatic heterocycles. The van der Waals surface area contributed by atoms with Crippen molar-refractivity contribution < 1.29 is 26.3 Å². The van der Waals surface area contributed by atoms with E-state index < -0.39 is 15.5 Å². The molecule has 2 aromatic rings. The largest absolute Gasteiger partial charge is 0.511 e. The van der Waals surface area contributed by atoms with Crippen LogP contribution in [0.2, 0.25) is 0 Å². The van der Waals surface area contributed by atoms with Gasteiger partial charge in [-0.2, -0.15) is 13.2 Å². The average Bonchev–Trinajstić information content (AvgIpc) is 2.66. The molecule has 148 valence electrons. The van der Waals surface area contributed by atoms with E-state index in [4.69, 9.17) is 4.74 Å². The molecule has 0 spiro atoms. The maximum atomic E-state index is 11.2. The highest BCUT2D eigenvalue weighted by molar-refractivity contribution is 7.90. The Balaban J connectivity index is 0. The van der Waals surface area contributed by atoms with E-state index in [1.165, 1.54) is 0 Å². The highest BCUT2D eigenvalue weighted by atomic mass is 32.2. The molecule has 8 heteroatoms. The lowest BCUT2D eigenvalue weighted by Crippen LogP contribution is -2.33. The summed E-state index contributed by atoms with van der Waals surface area (Å²) in [5.74, 6) is 1.74. The van der Waals surface area contributed by atoms with Gasteiger partial charge in [0.1, 0.15) is 11.5 Å². The number of para-hydroxylation sites is 2. The third-order valence-corrected chi connectivity index (χ3v) is 3.44. The van der Waals surface area contributed by atoms with Gasteiger partial charge in [-0.3, -0.25) is 0 Å². The van der Waals surface area contributed by atoms with Crippen molar-refractivity contribution in [2.24, 2.45) is 0 Å². The number of hydrogen-bond acceptors (Lipinski definition) is 3. The van der Waals surface area contributed by atoms with Crippen LogP contribution >= 0.6 is 0 Å². The molecule has 0 aliphatic carbocycles. The van der Waals surface area contributed by atoms with Crippen LogP contribution < -0.4 is 9.46 Å². The van der Waals surface area contributed by atoms with Gasteiger partial charge in [0, 0.05) is 0 Å². The summed E-state index contributed by atoms with van der Waals surface area (Å²) in [5.41, 5.74) is -5.19. The first-order valence-corrected chi connectivity index (χ1v) is 9.52. The lowest BCUT2D eigenvalue weighted by molar-refractivity contribution is -0.0445. The van der Waals surface area contributed by atoms with Crippen molar-refractivity contribution in [3.63, 3.8) is 0 Å². The lowest BCUT2D eigenvalue weighted by atomic mass is 10.3. The van der Waals surface area contributed by atoms with E-state index in [0.717, 1.165) is 16.2 Å². The van der Waals surface area contributed by atoms with Crippen molar-refractivity contribution in [2.75, 3.05) is 7.05 Å². The van der Waals surface area contributed by atoms with Gasteiger partial charge in [-0.15, -0.1) is 0 Å². The van der Waals surface area contributed by atoms with E-state index in [1.807, 2.05) is 88.4 Å². The van der Waals surface area contributed by atoms with E-state index >= 15 is 0 Å². The van der Waals surface area contributed by atoms with E-state index in [0.29, 0.717) is 7.05 Å². The van der Waals surface area contributed by atoms with Gasteiger partial charge in [-0.25, -0.2) is 13.1 Å². The van der Waals surface area contributed by atoms with Crippen LogP contribution in [0.4, 0.5) is 13.2 Å². The Morgan fingerprint density at radius 3 is 1.27 bits per heavy atom. The number of nitrogens with one attached hydrogen (secondary N) is 1. The molecule has 0 amide bonds. The maximum absolute atomic E-state index is 11.2. The smallest absolute Gasteiger partial charge is 0.457 e. The van der Waals surface area contributed by atoms with Crippen molar-refractivity contribution in [3.05, 3.63) is 60.7 Å². The van der Waals surface area contributed by atoms with E-state index in [1.54, 1.807) is 0 Å². The number of hydrogen-bond donors (Lipinski definition) is 1. The minimum atomic E-state index is -5.19. The van der Waals surface area contributed by atoms with Crippen LogP contribution in [0.3, 0.4) is 0 Å². The highest BCUT2D eigenvalue weighted by Gasteiger charge is 2.44. The van der Waals surface area contributed by atoms with Crippen LogP contribution in [0.1, 0.15) is 27.7 Å². The Labute approximate surface area is 154 Å². The molecule has 2 rings (SSSR count). The Morgan fingerprint density at radius 2 is 1.08 bits per heavy atom. The number of halogens is 3. The van der Waals surface area contributed by atoms with Gasteiger partial charge in [0.25, 0.3) is 0 Å². The normalized spacial score (nSPS) is 10.0. The summed E-state index contributed by atoms with van der Waals surface area (Å²) < 4.78 is 59.8. The van der Waals surface area contributed by atoms with Crippen molar-refractivity contribution >= 4 is 10.0 Å². The number of ether oxygens (including phenoxy) is 1. The molecule has 26 heavy (non-hydrogen) atoms. The van der Waals surface area contributed by atoms with Crippen LogP contribution in [-0.4, -0.2) is 21.0 Å². The minimum Gasteiger partial charge on any atom is -0.457 e. The first kappa shape index (κ1) is 26.2. The van der Waals surface area contributed by atoms with Crippen molar-refractivity contribution in [3.8, 4) is 11.5 Å². The van der Waals surface area contributed by atoms with Crippen LogP contribution in [0.15, 0.2) is 60.7 Å². The zero-order valence-electron chi connectivity index (χ0n) is 15.5. The molecule has 0 aliphatic rings. The molecule has 0 fully saturated rings. The van der Waals surface area contributed by atoms with E-state index in [-0.39, 0.29) is 0 Å². The molecule has 0 bridgehead atoms. The molecular formula is C18H26F3NO3S. The van der Waals surface area contributed by atoms with Gasteiger partial charge in [0.2, 0.25) is 0 Å². The first-order valence-electron chi connectivity index (χ1n) is 8.04. The maximum Gasteiger partial charge on any atom is 0.511 e. The summed E-state index contributed by atoms with van der Waals surface area (Å²) in [7, 11) is -4.39. The molecular weight excluding hydrogens is 367 g/mol. The number of benzene rings is 2. The molecule has 0 unspecified atom stereocenters. The van der Waals surface area contributed by atoms with Gasteiger partial charge in [0.15, 0.2) is 0 Å². The Bertz CT molecular complexity index is 624. The predicted molar refractivity (Wildman–Crippen MR) is 99.7 cm³/mol. The van der Waals surface area contributed by atoms with Crippen LogP contribution in [0, 0.1) is 0 Å². The van der Waals surface area contributed by atoms with Gasteiger partial charge in [-0.05, 0) is 31.3 Å². The molecule has 0 aliphatic heterocycles. The third-order valence-electron chi connectivity index (χ3n) is 2.30. The monoisotopic (exact) mass is 393 g/mol. The lowest BCUT2D eigenvalue weighted by Gasteiger charge is -2.03. The SMILES string of the molecule is CC.CC.CNS(=O)(=O)C(F)(F)F.c1ccc(Oc2ccccc2)cc1. The van der Waals surface area contributed by atoms with Gasteiger partial charge in [0.05, 0.1) is 0 Å². The molecule has 0 atom stereocenters. The van der Waals surface area contributed by atoms with Gasteiger partial charge in [-0.1, -0.05) is 64.1 Å². The fourth-order valence-electron chi connectivity index (χ4n) is 1.23. The second-order valence-electron chi connectivity index (χ2n) is 3.88. The molecule has 0 radical (unpaired) electrons. The van der Waals surface area contributed by atoms with Crippen molar-refractivity contribution in [1.82, 2.24) is 4.72 Å². The predicted octanol–water partition coefficient (Wildman–Crippen LogP) is 5.59. The zero-order chi connectivity index (χ0) is 20.6. The first-order chi connectivity index (χ1) is 12.3. The van der Waals surface area contributed by atoms with Crippen molar-refractivity contribution in [1.29, 1.82) is 0 Å². The van der Waals surface area contributed by atoms with Crippen molar-refractivity contribution in [2.45, 2.75) is 33.2 Å². The molecule has 2 aromatic carbocycles. The Kier molecular flexibility index (Phi) is 14.2.